The van der Waals surface area contributed by atoms with Crippen LogP contribution in [0.2, 0.25) is 5.02 Å². The molecule has 0 fully saturated rings. The Bertz CT molecular complexity index is 502. The van der Waals surface area contributed by atoms with Crippen LogP contribution in [0.1, 0.15) is 32.8 Å². The molecule has 0 spiro atoms. The SMILES string of the molecule is CC(C)C[C@H](NC(=O)C(C)Cc1ccccc1Cl)C(=O)O. The summed E-state index contributed by atoms with van der Waals surface area (Å²) in [5.41, 5.74) is 0.887. The minimum atomic E-state index is -0.998. The van der Waals surface area contributed by atoms with Gasteiger partial charge in [-0.25, -0.2) is 4.79 Å². The van der Waals surface area contributed by atoms with Crippen molar-refractivity contribution in [1.82, 2.24) is 5.32 Å². The molecule has 1 unspecified atom stereocenters. The highest BCUT2D eigenvalue weighted by Crippen LogP contribution is 2.19. The van der Waals surface area contributed by atoms with E-state index in [-0.39, 0.29) is 17.7 Å². The number of hydrogen-bond donors (Lipinski definition) is 2. The summed E-state index contributed by atoms with van der Waals surface area (Å²) in [5.74, 6) is -1.39. The molecule has 0 aromatic heterocycles. The van der Waals surface area contributed by atoms with Crippen LogP contribution in [-0.4, -0.2) is 23.0 Å². The highest BCUT2D eigenvalue weighted by Gasteiger charge is 2.24. The van der Waals surface area contributed by atoms with Gasteiger partial charge in [-0.1, -0.05) is 50.6 Å². The Labute approximate surface area is 130 Å². The van der Waals surface area contributed by atoms with Crippen LogP contribution in [0.15, 0.2) is 24.3 Å². The van der Waals surface area contributed by atoms with E-state index >= 15 is 0 Å². The molecule has 1 aromatic rings. The molecule has 1 amide bonds. The first-order valence-electron chi connectivity index (χ1n) is 7.07. The van der Waals surface area contributed by atoms with Crippen molar-refractivity contribution in [2.24, 2.45) is 11.8 Å². The van der Waals surface area contributed by atoms with Gasteiger partial charge in [0.25, 0.3) is 0 Å². The van der Waals surface area contributed by atoms with E-state index in [4.69, 9.17) is 16.7 Å². The second-order valence-corrected chi connectivity index (χ2v) is 6.13. The summed E-state index contributed by atoms with van der Waals surface area (Å²) in [4.78, 5) is 23.3. The predicted octanol–water partition coefficient (Wildman–Crippen LogP) is 3.13. The number of rotatable bonds is 7. The van der Waals surface area contributed by atoms with Crippen LogP contribution < -0.4 is 5.32 Å². The van der Waals surface area contributed by atoms with Gasteiger partial charge in [-0.15, -0.1) is 0 Å². The van der Waals surface area contributed by atoms with Crippen molar-refractivity contribution in [3.8, 4) is 0 Å². The molecule has 0 aliphatic heterocycles. The molecule has 1 aromatic carbocycles. The molecule has 5 heteroatoms. The van der Waals surface area contributed by atoms with Gasteiger partial charge >= 0.3 is 5.97 Å². The third-order valence-electron chi connectivity index (χ3n) is 3.25. The zero-order valence-electron chi connectivity index (χ0n) is 12.6. The summed E-state index contributed by atoms with van der Waals surface area (Å²) in [6, 6.07) is 6.51. The van der Waals surface area contributed by atoms with Gasteiger partial charge in [0.05, 0.1) is 0 Å². The Hall–Kier alpha value is -1.55. The summed E-state index contributed by atoms with van der Waals surface area (Å²) in [7, 11) is 0. The molecule has 2 N–H and O–H groups in total. The molecule has 1 rings (SSSR count). The maximum Gasteiger partial charge on any atom is 0.326 e. The monoisotopic (exact) mass is 311 g/mol. The average Bonchev–Trinajstić information content (AvgIpc) is 2.39. The van der Waals surface area contributed by atoms with Crippen LogP contribution in [0.4, 0.5) is 0 Å². The van der Waals surface area contributed by atoms with E-state index in [9.17, 15) is 9.59 Å². The van der Waals surface area contributed by atoms with Gasteiger partial charge in [0.15, 0.2) is 0 Å². The molecule has 0 aliphatic rings. The minimum absolute atomic E-state index is 0.199. The number of carboxylic acids is 1. The standard InChI is InChI=1S/C16H22ClNO3/c1-10(2)8-14(16(20)21)18-15(19)11(3)9-12-6-4-5-7-13(12)17/h4-7,10-11,14H,8-9H2,1-3H3,(H,18,19)(H,20,21)/t11?,14-/m0/s1. The van der Waals surface area contributed by atoms with Gasteiger partial charge in [-0.2, -0.15) is 0 Å². The van der Waals surface area contributed by atoms with Gasteiger partial charge in [-0.05, 0) is 30.4 Å². The smallest absolute Gasteiger partial charge is 0.326 e. The Balaban J connectivity index is 2.65. The number of carbonyl (C=O) groups is 2. The summed E-state index contributed by atoms with van der Waals surface area (Å²) in [5, 5.41) is 12.4. The van der Waals surface area contributed by atoms with Crippen molar-refractivity contribution < 1.29 is 14.7 Å². The largest absolute Gasteiger partial charge is 0.480 e. The van der Waals surface area contributed by atoms with Crippen LogP contribution in [0.25, 0.3) is 0 Å². The second kappa shape index (κ2) is 8.03. The first kappa shape index (κ1) is 17.5. The molecule has 21 heavy (non-hydrogen) atoms. The molecule has 0 saturated heterocycles. The maximum absolute atomic E-state index is 12.1. The molecule has 116 valence electrons. The lowest BCUT2D eigenvalue weighted by atomic mass is 9.98. The Morgan fingerprint density at radius 3 is 2.38 bits per heavy atom. The number of carboxylic acid groups (broad SMARTS) is 1. The molecule has 0 saturated carbocycles. The molecular formula is C16H22ClNO3. The lowest BCUT2D eigenvalue weighted by Gasteiger charge is -2.19. The fraction of sp³-hybridized carbons (Fsp3) is 0.500. The minimum Gasteiger partial charge on any atom is -0.480 e. The number of halogens is 1. The number of aliphatic carboxylic acids is 1. The number of amides is 1. The normalized spacial score (nSPS) is 13.8. The van der Waals surface area contributed by atoms with E-state index in [0.29, 0.717) is 17.9 Å². The van der Waals surface area contributed by atoms with E-state index in [1.54, 1.807) is 13.0 Å². The summed E-state index contributed by atoms with van der Waals surface area (Å²) in [6.07, 6.45) is 0.902. The molecule has 0 aliphatic carbocycles. The Kier molecular flexibility index (Phi) is 6.69. The van der Waals surface area contributed by atoms with Crippen LogP contribution in [0, 0.1) is 11.8 Å². The third-order valence-corrected chi connectivity index (χ3v) is 3.62. The van der Waals surface area contributed by atoms with Gasteiger partial charge < -0.3 is 10.4 Å². The highest BCUT2D eigenvalue weighted by molar-refractivity contribution is 6.31. The number of carbonyl (C=O) groups excluding carboxylic acids is 1. The fourth-order valence-electron chi connectivity index (χ4n) is 2.09. The maximum atomic E-state index is 12.1. The third kappa shape index (κ3) is 5.76. The quantitative estimate of drug-likeness (QED) is 0.813. The zero-order chi connectivity index (χ0) is 16.0. The van der Waals surface area contributed by atoms with Crippen molar-refractivity contribution in [3.05, 3.63) is 34.9 Å². The summed E-state index contributed by atoms with van der Waals surface area (Å²) in [6.45, 7) is 5.62. The van der Waals surface area contributed by atoms with Gasteiger partial charge in [0.1, 0.15) is 6.04 Å². The molecule has 4 nitrogen and oxygen atoms in total. The van der Waals surface area contributed by atoms with Gasteiger partial charge in [0, 0.05) is 10.9 Å². The van der Waals surface area contributed by atoms with E-state index in [1.807, 2.05) is 32.0 Å². The number of nitrogens with one attached hydrogen (secondary N) is 1. The van der Waals surface area contributed by atoms with Crippen LogP contribution in [0.5, 0.6) is 0 Å². The molecule has 0 heterocycles. The van der Waals surface area contributed by atoms with E-state index in [1.165, 1.54) is 0 Å². The second-order valence-electron chi connectivity index (χ2n) is 5.73. The first-order chi connectivity index (χ1) is 9.81. The number of benzene rings is 1. The molecule has 2 atom stereocenters. The van der Waals surface area contributed by atoms with E-state index in [0.717, 1.165) is 5.56 Å². The lowest BCUT2D eigenvalue weighted by Crippen LogP contribution is -2.44. The summed E-state index contributed by atoms with van der Waals surface area (Å²) < 4.78 is 0. The molecular weight excluding hydrogens is 290 g/mol. The Morgan fingerprint density at radius 1 is 1.24 bits per heavy atom. The lowest BCUT2D eigenvalue weighted by molar-refractivity contribution is -0.142. The first-order valence-corrected chi connectivity index (χ1v) is 7.45. The van der Waals surface area contributed by atoms with Crippen molar-refractivity contribution in [3.63, 3.8) is 0 Å². The van der Waals surface area contributed by atoms with Crippen molar-refractivity contribution in [2.45, 2.75) is 39.7 Å². The Morgan fingerprint density at radius 2 is 1.86 bits per heavy atom. The fourth-order valence-corrected chi connectivity index (χ4v) is 2.31. The van der Waals surface area contributed by atoms with Crippen molar-refractivity contribution in [1.29, 1.82) is 0 Å². The summed E-state index contributed by atoms with van der Waals surface area (Å²) >= 11 is 6.07. The predicted molar refractivity (Wildman–Crippen MR) is 83.3 cm³/mol. The van der Waals surface area contributed by atoms with Crippen molar-refractivity contribution in [2.75, 3.05) is 0 Å². The number of hydrogen-bond acceptors (Lipinski definition) is 2. The van der Waals surface area contributed by atoms with E-state index in [2.05, 4.69) is 5.32 Å². The van der Waals surface area contributed by atoms with Gasteiger partial charge in [0.2, 0.25) is 5.91 Å². The molecule has 0 radical (unpaired) electrons. The zero-order valence-corrected chi connectivity index (χ0v) is 13.4. The van der Waals surface area contributed by atoms with Crippen LogP contribution >= 0.6 is 11.6 Å². The van der Waals surface area contributed by atoms with E-state index < -0.39 is 12.0 Å². The average molecular weight is 312 g/mol. The van der Waals surface area contributed by atoms with Crippen LogP contribution in [0.3, 0.4) is 0 Å². The van der Waals surface area contributed by atoms with Crippen LogP contribution in [-0.2, 0) is 16.0 Å². The van der Waals surface area contributed by atoms with Gasteiger partial charge in [-0.3, -0.25) is 4.79 Å². The molecule has 0 bridgehead atoms. The van der Waals surface area contributed by atoms with Crippen molar-refractivity contribution >= 4 is 23.5 Å². The topological polar surface area (TPSA) is 66.4 Å². The highest BCUT2D eigenvalue weighted by atomic mass is 35.5.